The maximum absolute atomic E-state index is 11.4. The van der Waals surface area contributed by atoms with Crippen LogP contribution in [0, 0.1) is 10.1 Å². The van der Waals surface area contributed by atoms with Gasteiger partial charge in [0.25, 0.3) is 5.69 Å². The highest BCUT2D eigenvalue weighted by Crippen LogP contribution is 2.39. The molecule has 1 heterocycles. The van der Waals surface area contributed by atoms with Gasteiger partial charge in [0.05, 0.1) is 4.92 Å². The Morgan fingerprint density at radius 3 is 2.92 bits per heavy atom. The second-order valence-corrected chi connectivity index (χ2v) is 6.32. The molecule has 0 bridgehead atoms. The summed E-state index contributed by atoms with van der Waals surface area (Å²) in [6.45, 7) is 2.33. The van der Waals surface area contributed by atoms with Crippen molar-refractivity contribution in [1.29, 1.82) is 0 Å². The van der Waals surface area contributed by atoms with E-state index in [-0.39, 0.29) is 22.6 Å². The number of hydrogen-bond donors (Lipinski definition) is 2. The average molecular weight is 331 g/mol. The zero-order valence-electron chi connectivity index (χ0n) is 13.6. The van der Waals surface area contributed by atoms with Crippen LogP contribution in [0.3, 0.4) is 0 Å². The summed E-state index contributed by atoms with van der Waals surface area (Å²) in [5.41, 5.74) is 2.01. The minimum atomic E-state index is -0.877. The van der Waals surface area contributed by atoms with Crippen molar-refractivity contribution in [3.63, 3.8) is 0 Å². The van der Waals surface area contributed by atoms with Crippen LogP contribution >= 0.6 is 0 Å². The number of hydrogen-bond acceptors (Lipinski definition) is 3. The standard InChI is InChI=1S/C17H21N3O4/c1-2-19(17(21)22)12-5-3-4-11(8-12)15-10-18-16-7-6-13(20(23)24)9-14(15)16/h6-7,9-12,18H,2-5,8H2,1H3,(H,21,22). The van der Waals surface area contributed by atoms with Gasteiger partial charge in [0.2, 0.25) is 0 Å². The number of aromatic nitrogens is 1. The fourth-order valence-corrected chi connectivity index (χ4v) is 3.86. The van der Waals surface area contributed by atoms with E-state index in [2.05, 4.69) is 4.98 Å². The number of carboxylic acid groups (broad SMARTS) is 1. The third kappa shape index (κ3) is 2.93. The van der Waals surface area contributed by atoms with Crippen molar-refractivity contribution >= 4 is 22.7 Å². The SMILES string of the molecule is CCN(C(=O)O)C1CCCC(c2c[nH]c3ccc([N+](=O)[O-])cc23)C1. The number of nitro groups is 1. The number of carbonyl (C=O) groups is 1. The monoisotopic (exact) mass is 331 g/mol. The maximum atomic E-state index is 11.4. The summed E-state index contributed by atoms with van der Waals surface area (Å²) in [5, 5.41) is 21.3. The van der Waals surface area contributed by atoms with E-state index in [1.165, 1.54) is 11.0 Å². The molecule has 2 aromatic rings. The number of nitro benzene ring substituents is 1. The first-order valence-corrected chi connectivity index (χ1v) is 8.26. The van der Waals surface area contributed by atoms with Gasteiger partial charge < -0.3 is 15.0 Å². The molecule has 0 radical (unpaired) electrons. The number of fused-ring (bicyclic) bond motifs is 1. The van der Waals surface area contributed by atoms with Crippen molar-refractivity contribution in [2.45, 2.75) is 44.6 Å². The average Bonchev–Trinajstić information content (AvgIpc) is 2.98. The van der Waals surface area contributed by atoms with Crippen molar-refractivity contribution in [3.8, 4) is 0 Å². The molecule has 0 aliphatic heterocycles. The molecule has 128 valence electrons. The van der Waals surface area contributed by atoms with Crippen LogP contribution in [0.15, 0.2) is 24.4 Å². The fourth-order valence-electron chi connectivity index (χ4n) is 3.86. The Balaban J connectivity index is 1.90. The van der Waals surface area contributed by atoms with Gasteiger partial charge in [-0.05, 0) is 43.7 Å². The summed E-state index contributed by atoms with van der Waals surface area (Å²) in [6, 6.07) is 4.84. The quantitative estimate of drug-likeness (QED) is 0.650. The van der Waals surface area contributed by atoms with E-state index < -0.39 is 6.09 Å². The number of H-pyrrole nitrogens is 1. The summed E-state index contributed by atoms with van der Waals surface area (Å²) in [7, 11) is 0. The highest BCUT2D eigenvalue weighted by atomic mass is 16.6. The van der Waals surface area contributed by atoms with Crippen LogP contribution in [-0.4, -0.2) is 38.6 Å². The van der Waals surface area contributed by atoms with E-state index in [0.29, 0.717) is 6.54 Å². The fraction of sp³-hybridized carbons (Fsp3) is 0.471. The molecule has 1 aliphatic rings. The summed E-state index contributed by atoms with van der Waals surface area (Å²) in [5.74, 6) is 0.216. The molecule has 1 saturated carbocycles. The Kier molecular flexibility index (Phi) is 4.42. The first-order valence-electron chi connectivity index (χ1n) is 8.26. The Hall–Kier alpha value is -2.57. The molecule has 0 saturated heterocycles. The topological polar surface area (TPSA) is 99.5 Å². The van der Waals surface area contributed by atoms with Crippen LogP contribution in [0.5, 0.6) is 0 Å². The van der Waals surface area contributed by atoms with Crippen LogP contribution in [0.1, 0.15) is 44.1 Å². The number of benzene rings is 1. The number of amides is 1. The molecular weight excluding hydrogens is 310 g/mol. The first kappa shape index (κ1) is 16.3. The van der Waals surface area contributed by atoms with E-state index in [1.54, 1.807) is 12.1 Å². The molecule has 1 amide bonds. The molecular formula is C17H21N3O4. The van der Waals surface area contributed by atoms with Crippen molar-refractivity contribution < 1.29 is 14.8 Å². The lowest BCUT2D eigenvalue weighted by Crippen LogP contribution is -2.41. The molecule has 1 aromatic heterocycles. The van der Waals surface area contributed by atoms with Crippen LogP contribution in [0.2, 0.25) is 0 Å². The van der Waals surface area contributed by atoms with Crippen LogP contribution in [0.25, 0.3) is 10.9 Å². The molecule has 0 spiro atoms. The third-order valence-electron chi connectivity index (χ3n) is 5.02. The van der Waals surface area contributed by atoms with Gasteiger partial charge in [-0.25, -0.2) is 4.79 Å². The Bertz CT molecular complexity index is 770. The van der Waals surface area contributed by atoms with Gasteiger partial charge >= 0.3 is 6.09 Å². The van der Waals surface area contributed by atoms with Crippen molar-refractivity contribution in [3.05, 3.63) is 40.1 Å². The van der Waals surface area contributed by atoms with Gasteiger partial charge in [0, 0.05) is 41.8 Å². The molecule has 7 nitrogen and oxygen atoms in total. The lowest BCUT2D eigenvalue weighted by molar-refractivity contribution is -0.384. The minimum Gasteiger partial charge on any atom is -0.465 e. The largest absolute Gasteiger partial charge is 0.465 e. The van der Waals surface area contributed by atoms with Crippen molar-refractivity contribution in [1.82, 2.24) is 9.88 Å². The summed E-state index contributed by atoms with van der Waals surface area (Å²) in [6.07, 6.45) is 4.61. The number of rotatable bonds is 4. The summed E-state index contributed by atoms with van der Waals surface area (Å²) >= 11 is 0. The van der Waals surface area contributed by atoms with Crippen LogP contribution in [0.4, 0.5) is 10.5 Å². The highest BCUT2D eigenvalue weighted by molar-refractivity contribution is 5.86. The second kappa shape index (κ2) is 6.51. The highest BCUT2D eigenvalue weighted by Gasteiger charge is 2.30. The van der Waals surface area contributed by atoms with Crippen LogP contribution in [-0.2, 0) is 0 Å². The van der Waals surface area contributed by atoms with Crippen molar-refractivity contribution in [2.24, 2.45) is 0 Å². The Morgan fingerprint density at radius 1 is 1.46 bits per heavy atom. The lowest BCUT2D eigenvalue weighted by Gasteiger charge is -2.35. The molecule has 7 heteroatoms. The number of aromatic amines is 1. The molecule has 2 unspecified atom stereocenters. The zero-order chi connectivity index (χ0) is 17.3. The van der Waals surface area contributed by atoms with Gasteiger partial charge in [-0.15, -0.1) is 0 Å². The van der Waals surface area contributed by atoms with E-state index in [0.717, 1.165) is 42.1 Å². The predicted molar refractivity (Wildman–Crippen MR) is 90.4 cm³/mol. The Labute approximate surface area is 139 Å². The Morgan fingerprint density at radius 2 is 2.25 bits per heavy atom. The van der Waals surface area contributed by atoms with E-state index in [1.807, 2.05) is 13.1 Å². The van der Waals surface area contributed by atoms with Gasteiger partial charge in [-0.3, -0.25) is 10.1 Å². The van der Waals surface area contributed by atoms with Gasteiger partial charge in [0.1, 0.15) is 0 Å². The van der Waals surface area contributed by atoms with Crippen LogP contribution < -0.4 is 0 Å². The minimum absolute atomic E-state index is 0.00916. The van der Waals surface area contributed by atoms with Gasteiger partial charge in [0.15, 0.2) is 0 Å². The molecule has 1 aliphatic carbocycles. The first-order chi connectivity index (χ1) is 11.5. The second-order valence-electron chi connectivity index (χ2n) is 6.32. The van der Waals surface area contributed by atoms with Crippen molar-refractivity contribution in [2.75, 3.05) is 6.54 Å². The predicted octanol–water partition coefficient (Wildman–Crippen LogP) is 4.10. The molecule has 1 aromatic carbocycles. The van der Waals surface area contributed by atoms with E-state index in [4.69, 9.17) is 0 Å². The molecule has 2 N–H and O–H groups in total. The number of nitrogens with one attached hydrogen (secondary N) is 1. The normalized spacial score (nSPS) is 20.9. The summed E-state index contributed by atoms with van der Waals surface area (Å²) < 4.78 is 0. The van der Waals surface area contributed by atoms with E-state index in [9.17, 15) is 20.0 Å². The third-order valence-corrected chi connectivity index (χ3v) is 5.02. The maximum Gasteiger partial charge on any atom is 0.407 e. The molecule has 2 atom stereocenters. The number of nitrogens with zero attached hydrogens (tertiary/aromatic N) is 2. The van der Waals surface area contributed by atoms with Gasteiger partial charge in [-0.2, -0.15) is 0 Å². The number of non-ortho nitro benzene ring substituents is 1. The van der Waals surface area contributed by atoms with E-state index >= 15 is 0 Å². The smallest absolute Gasteiger partial charge is 0.407 e. The molecule has 1 fully saturated rings. The molecule has 3 rings (SSSR count). The lowest BCUT2D eigenvalue weighted by atomic mass is 9.80. The zero-order valence-corrected chi connectivity index (χ0v) is 13.6. The molecule has 24 heavy (non-hydrogen) atoms. The summed E-state index contributed by atoms with van der Waals surface area (Å²) in [4.78, 5) is 26.7. The van der Waals surface area contributed by atoms with Gasteiger partial charge in [-0.1, -0.05) is 6.42 Å².